The van der Waals surface area contributed by atoms with Gasteiger partial charge in [-0.25, -0.2) is 0 Å². The molecule has 0 saturated carbocycles. The number of carboxylic acid groups (broad SMARTS) is 1. The molecule has 0 aromatic carbocycles. The molecule has 0 aliphatic rings. The molecule has 0 heterocycles. The maximum atomic E-state index is 9.00. The monoisotopic (exact) mass is 287 g/mol. The van der Waals surface area contributed by atoms with Crippen LogP contribution in [0, 0.1) is 5.92 Å². The molecule has 1 unspecified atom stereocenters. The largest absolute Gasteiger partial charge is 0.481 e. The Morgan fingerprint density at radius 1 is 0.950 bits per heavy atom. The molecule has 20 heavy (non-hydrogen) atoms. The molecular formula is C17H37NO2. The number of aliphatic carboxylic acids is 1. The van der Waals surface area contributed by atoms with Crippen molar-refractivity contribution in [3.8, 4) is 0 Å². The number of hydrogen-bond donors (Lipinski definition) is 2. The van der Waals surface area contributed by atoms with Crippen molar-refractivity contribution < 1.29 is 9.90 Å². The summed E-state index contributed by atoms with van der Waals surface area (Å²) in [5.74, 6) is 0.00885. The predicted octanol–water partition coefficient (Wildman–Crippen LogP) is 4.98. The molecule has 0 aromatic heterocycles. The SMILES string of the molecule is CC(=O)O.CCCCCCCCCCCC(C)CCN. The van der Waals surface area contributed by atoms with E-state index in [1.54, 1.807) is 0 Å². The minimum atomic E-state index is -0.833. The summed E-state index contributed by atoms with van der Waals surface area (Å²) in [6.07, 6.45) is 15.5. The van der Waals surface area contributed by atoms with Crippen molar-refractivity contribution >= 4 is 5.97 Å². The first-order valence-corrected chi connectivity index (χ1v) is 8.44. The van der Waals surface area contributed by atoms with E-state index in [-0.39, 0.29) is 0 Å². The number of rotatable bonds is 12. The number of carbonyl (C=O) groups is 1. The highest BCUT2D eigenvalue weighted by Gasteiger charge is 1.99. The van der Waals surface area contributed by atoms with Gasteiger partial charge in [-0.3, -0.25) is 4.79 Å². The highest BCUT2D eigenvalue weighted by molar-refractivity contribution is 5.62. The lowest BCUT2D eigenvalue weighted by Gasteiger charge is -2.09. The smallest absolute Gasteiger partial charge is 0.300 e. The Balaban J connectivity index is 0. The molecule has 0 aliphatic carbocycles. The van der Waals surface area contributed by atoms with Crippen molar-refractivity contribution in [1.82, 2.24) is 0 Å². The molecule has 0 rings (SSSR count). The Bertz CT molecular complexity index is 191. The van der Waals surface area contributed by atoms with Gasteiger partial charge in [-0.2, -0.15) is 0 Å². The van der Waals surface area contributed by atoms with E-state index in [4.69, 9.17) is 15.6 Å². The van der Waals surface area contributed by atoms with Crippen LogP contribution in [0.25, 0.3) is 0 Å². The van der Waals surface area contributed by atoms with Crippen molar-refractivity contribution in [1.29, 1.82) is 0 Å². The molecule has 0 saturated heterocycles. The molecule has 0 bridgehead atoms. The predicted molar refractivity (Wildman–Crippen MR) is 88.0 cm³/mol. The molecule has 0 amide bonds. The van der Waals surface area contributed by atoms with E-state index in [9.17, 15) is 0 Å². The van der Waals surface area contributed by atoms with E-state index in [2.05, 4.69) is 13.8 Å². The molecular weight excluding hydrogens is 250 g/mol. The van der Waals surface area contributed by atoms with Gasteiger partial charge in [0.05, 0.1) is 0 Å². The van der Waals surface area contributed by atoms with Gasteiger partial charge in [0.15, 0.2) is 0 Å². The van der Waals surface area contributed by atoms with E-state index >= 15 is 0 Å². The standard InChI is InChI=1S/C15H33N.C2H4O2/c1-3-4-5-6-7-8-9-10-11-12-15(2)13-14-16;1-2(3)4/h15H,3-14,16H2,1-2H3;1H3,(H,3,4). The molecule has 0 aliphatic heterocycles. The second kappa shape index (κ2) is 18.4. The van der Waals surface area contributed by atoms with Crippen LogP contribution in [0.2, 0.25) is 0 Å². The molecule has 122 valence electrons. The van der Waals surface area contributed by atoms with E-state index in [0.717, 1.165) is 19.4 Å². The molecule has 0 radical (unpaired) electrons. The third-order valence-electron chi connectivity index (χ3n) is 3.46. The highest BCUT2D eigenvalue weighted by atomic mass is 16.4. The Morgan fingerprint density at radius 2 is 1.35 bits per heavy atom. The number of nitrogens with two attached hydrogens (primary N) is 1. The van der Waals surface area contributed by atoms with E-state index in [1.807, 2.05) is 0 Å². The molecule has 3 heteroatoms. The molecule has 3 N–H and O–H groups in total. The van der Waals surface area contributed by atoms with Crippen LogP contribution in [0.3, 0.4) is 0 Å². The third kappa shape index (κ3) is 26.1. The summed E-state index contributed by atoms with van der Waals surface area (Å²) >= 11 is 0. The first-order valence-electron chi connectivity index (χ1n) is 8.44. The quantitative estimate of drug-likeness (QED) is 0.497. The fourth-order valence-corrected chi connectivity index (χ4v) is 2.23. The zero-order valence-corrected chi connectivity index (χ0v) is 14.0. The molecule has 0 spiro atoms. The maximum absolute atomic E-state index is 9.00. The lowest BCUT2D eigenvalue weighted by Crippen LogP contribution is -2.05. The van der Waals surface area contributed by atoms with Crippen LogP contribution in [0.5, 0.6) is 0 Å². The van der Waals surface area contributed by atoms with Crippen LogP contribution in [-0.2, 0) is 4.79 Å². The van der Waals surface area contributed by atoms with Crippen molar-refractivity contribution in [3.63, 3.8) is 0 Å². The summed E-state index contributed by atoms with van der Waals surface area (Å²) < 4.78 is 0. The lowest BCUT2D eigenvalue weighted by molar-refractivity contribution is -0.134. The van der Waals surface area contributed by atoms with Crippen molar-refractivity contribution in [2.24, 2.45) is 11.7 Å². The van der Waals surface area contributed by atoms with Crippen molar-refractivity contribution in [3.05, 3.63) is 0 Å². The first-order chi connectivity index (χ1) is 9.54. The summed E-state index contributed by atoms with van der Waals surface area (Å²) in [5, 5.41) is 7.42. The van der Waals surface area contributed by atoms with Crippen LogP contribution in [0.4, 0.5) is 0 Å². The zero-order valence-electron chi connectivity index (χ0n) is 14.0. The topological polar surface area (TPSA) is 63.3 Å². The fourth-order valence-electron chi connectivity index (χ4n) is 2.23. The third-order valence-corrected chi connectivity index (χ3v) is 3.46. The van der Waals surface area contributed by atoms with Gasteiger partial charge in [-0.05, 0) is 18.9 Å². The van der Waals surface area contributed by atoms with E-state index in [0.29, 0.717) is 0 Å². The van der Waals surface area contributed by atoms with Crippen molar-refractivity contribution in [2.45, 2.75) is 91.4 Å². The second-order valence-corrected chi connectivity index (χ2v) is 5.82. The summed E-state index contributed by atoms with van der Waals surface area (Å²) in [6, 6.07) is 0. The van der Waals surface area contributed by atoms with Gasteiger partial charge in [0.1, 0.15) is 0 Å². The molecule has 0 fully saturated rings. The molecule has 1 atom stereocenters. The Morgan fingerprint density at radius 3 is 1.75 bits per heavy atom. The maximum Gasteiger partial charge on any atom is 0.300 e. The zero-order chi connectivity index (χ0) is 15.6. The Kier molecular flexibility index (Phi) is 20.0. The highest BCUT2D eigenvalue weighted by Crippen LogP contribution is 2.14. The average Bonchev–Trinajstić information content (AvgIpc) is 2.36. The van der Waals surface area contributed by atoms with Crippen LogP contribution < -0.4 is 5.73 Å². The average molecular weight is 287 g/mol. The minimum Gasteiger partial charge on any atom is -0.481 e. The number of unbranched alkanes of at least 4 members (excludes halogenated alkanes) is 8. The van der Waals surface area contributed by atoms with Gasteiger partial charge in [0.2, 0.25) is 0 Å². The van der Waals surface area contributed by atoms with Crippen LogP contribution in [0.15, 0.2) is 0 Å². The van der Waals surface area contributed by atoms with Gasteiger partial charge >= 0.3 is 0 Å². The molecule has 0 aromatic rings. The normalized spacial score (nSPS) is 11.6. The number of hydrogen-bond acceptors (Lipinski definition) is 2. The Hall–Kier alpha value is -0.570. The van der Waals surface area contributed by atoms with Gasteiger partial charge in [0.25, 0.3) is 5.97 Å². The lowest BCUT2D eigenvalue weighted by atomic mass is 9.99. The minimum absolute atomic E-state index is 0.833. The summed E-state index contributed by atoms with van der Waals surface area (Å²) in [5.41, 5.74) is 5.54. The van der Waals surface area contributed by atoms with Gasteiger partial charge < -0.3 is 10.8 Å². The van der Waals surface area contributed by atoms with Crippen molar-refractivity contribution in [2.75, 3.05) is 6.54 Å². The van der Waals surface area contributed by atoms with E-state index < -0.39 is 5.97 Å². The Labute approximate surface area is 126 Å². The van der Waals surface area contributed by atoms with Crippen LogP contribution >= 0.6 is 0 Å². The second-order valence-electron chi connectivity index (χ2n) is 5.82. The van der Waals surface area contributed by atoms with Crippen LogP contribution in [0.1, 0.15) is 91.4 Å². The molecule has 3 nitrogen and oxygen atoms in total. The van der Waals surface area contributed by atoms with E-state index in [1.165, 1.54) is 70.6 Å². The first kappa shape index (κ1) is 21.7. The summed E-state index contributed by atoms with van der Waals surface area (Å²) in [7, 11) is 0. The van der Waals surface area contributed by atoms with Gasteiger partial charge in [-0.1, -0.05) is 78.1 Å². The number of carboxylic acids is 1. The van der Waals surface area contributed by atoms with Gasteiger partial charge in [-0.15, -0.1) is 0 Å². The fraction of sp³-hybridized carbons (Fsp3) is 0.941. The van der Waals surface area contributed by atoms with Gasteiger partial charge in [0, 0.05) is 6.92 Å². The summed E-state index contributed by atoms with van der Waals surface area (Å²) in [6.45, 7) is 6.55. The summed E-state index contributed by atoms with van der Waals surface area (Å²) in [4.78, 5) is 9.00. The van der Waals surface area contributed by atoms with Crippen LogP contribution in [-0.4, -0.2) is 17.6 Å².